The van der Waals surface area contributed by atoms with E-state index in [1.807, 2.05) is 31.2 Å². The highest BCUT2D eigenvalue weighted by Crippen LogP contribution is 2.17. The normalized spacial score (nSPS) is 10.6. The molecule has 0 bridgehead atoms. The molecule has 0 fully saturated rings. The maximum absolute atomic E-state index is 12.3. The molecule has 2 aromatic rings. The summed E-state index contributed by atoms with van der Waals surface area (Å²) in [4.78, 5) is 13.9. The standard InChI is InChI=1S/C19H21F2NO3/c1-3-24-16-8-4-14(5-9-16)12-18(23)22(2)13-15-6-10-17(11-7-15)25-19(20)21/h4-11,19H,3,12-13H2,1-2H3. The Labute approximate surface area is 146 Å². The van der Waals surface area contributed by atoms with Crippen LogP contribution >= 0.6 is 0 Å². The summed E-state index contributed by atoms with van der Waals surface area (Å²) in [6.07, 6.45) is 0.287. The topological polar surface area (TPSA) is 38.8 Å². The van der Waals surface area contributed by atoms with E-state index in [-0.39, 0.29) is 18.1 Å². The minimum absolute atomic E-state index is 0.0305. The lowest BCUT2D eigenvalue weighted by atomic mass is 10.1. The summed E-state index contributed by atoms with van der Waals surface area (Å²) in [5, 5.41) is 0. The summed E-state index contributed by atoms with van der Waals surface area (Å²) in [5.74, 6) is 0.845. The predicted molar refractivity (Wildman–Crippen MR) is 90.9 cm³/mol. The van der Waals surface area contributed by atoms with Crippen molar-refractivity contribution in [1.29, 1.82) is 0 Å². The number of hydrogen-bond donors (Lipinski definition) is 0. The molecule has 0 atom stereocenters. The van der Waals surface area contributed by atoms with Crippen LogP contribution in [0, 0.1) is 0 Å². The molecule has 1 amide bonds. The zero-order valence-corrected chi connectivity index (χ0v) is 14.2. The quantitative estimate of drug-likeness (QED) is 0.726. The molecule has 0 aliphatic heterocycles. The highest BCUT2D eigenvalue weighted by atomic mass is 19.3. The molecular formula is C19H21F2NO3. The number of carbonyl (C=O) groups excluding carboxylic acids is 1. The first kappa shape index (κ1) is 18.7. The van der Waals surface area contributed by atoms with Crippen LogP contribution in [0.25, 0.3) is 0 Å². The van der Waals surface area contributed by atoms with Crippen LogP contribution in [0.3, 0.4) is 0 Å². The first-order valence-electron chi connectivity index (χ1n) is 7.97. The number of nitrogens with zero attached hydrogens (tertiary/aromatic N) is 1. The summed E-state index contributed by atoms with van der Waals surface area (Å²) >= 11 is 0. The van der Waals surface area contributed by atoms with E-state index >= 15 is 0 Å². The molecule has 2 rings (SSSR count). The van der Waals surface area contributed by atoms with Gasteiger partial charge in [-0.15, -0.1) is 0 Å². The summed E-state index contributed by atoms with van der Waals surface area (Å²) in [7, 11) is 1.71. The van der Waals surface area contributed by atoms with Gasteiger partial charge in [0, 0.05) is 13.6 Å². The third kappa shape index (κ3) is 6.06. The zero-order chi connectivity index (χ0) is 18.2. The second-order valence-corrected chi connectivity index (χ2v) is 5.53. The van der Waals surface area contributed by atoms with Gasteiger partial charge >= 0.3 is 6.61 Å². The fourth-order valence-corrected chi connectivity index (χ4v) is 2.32. The number of rotatable bonds is 8. The largest absolute Gasteiger partial charge is 0.494 e. The van der Waals surface area contributed by atoms with Crippen molar-refractivity contribution in [3.05, 3.63) is 59.7 Å². The molecule has 0 radical (unpaired) electrons. The lowest BCUT2D eigenvalue weighted by Gasteiger charge is -2.18. The van der Waals surface area contributed by atoms with Gasteiger partial charge in [0.25, 0.3) is 0 Å². The summed E-state index contributed by atoms with van der Waals surface area (Å²) in [5.41, 5.74) is 1.74. The molecule has 25 heavy (non-hydrogen) atoms. The van der Waals surface area contributed by atoms with Gasteiger partial charge in [0.15, 0.2) is 0 Å². The van der Waals surface area contributed by atoms with Gasteiger partial charge < -0.3 is 14.4 Å². The predicted octanol–water partition coefficient (Wildman–Crippen LogP) is 3.89. The summed E-state index contributed by atoms with van der Waals surface area (Å²) in [6.45, 7) is 0.0650. The van der Waals surface area contributed by atoms with Crippen LogP contribution < -0.4 is 9.47 Å². The monoisotopic (exact) mass is 349 g/mol. The highest BCUT2D eigenvalue weighted by molar-refractivity contribution is 5.78. The SMILES string of the molecule is CCOc1ccc(CC(=O)N(C)Cc2ccc(OC(F)F)cc2)cc1. The third-order valence-corrected chi connectivity index (χ3v) is 3.58. The van der Waals surface area contributed by atoms with Gasteiger partial charge in [-0.3, -0.25) is 4.79 Å². The first-order chi connectivity index (χ1) is 12.0. The van der Waals surface area contributed by atoms with Crippen molar-refractivity contribution in [3.63, 3.8) is 0 Å². The van der Waals surface area contributed by atoms with Crippen molar-refractivity contribution in [3.8, 4) is 11.5 Å². The fourth-order valence-electron chi connectivity index (χ4n) is 2.32. The maximum atomic E-state index is 12.3. The van der Waals surface area contributed by atoms with Crippen LogP contribution in [0.1, 0.15) is 18.1 Å². The van der Waals surface area contributed by atoms with Gasteiger partial charge in [0.05, 0.1) is 13.0 Å². The summed E-state index contributed by atoms with van der Waals surface area (Å²) in [6, 6.07) is 13.7. The lowest BCUT2D eigenvalue weighted by molar-refractivity contribution is -0.129. The molecule has 134 valence electrons. The zero-order valence-electron chi connectivity index (χ0n) is 14.2. The van der Waals surface area contributed by atoms with Gasteiger partial charge in [-0.05, 0) is 42.3 Å². The molecular weight excluding hydrogens is 328 g/mol. The Morgan fingerprint density at radius 1 is 1.00 bits per heavy atom. The van der Waals surface area contributed by atoms with E-state index in [0.29, 0.717) is 13.2 Å². The first-order valence-corrected chi connectivity index (χ1v) is 7.97. The molecule has 0 aromatic heterocycles. The van der Waals surface area contributed by atoms with Crippen LogP contribution in [-0.2, 0) is 17.8 Å². The smallest absolute Gasteiger partial charge is 0.387 e. The van der Waals surface area contributed by atoms with Crippen LogP contribution in [0.5, 0.6) is 11.5 Å². The number of likely N-dealkylation sites (N-methyl/N-ethyl adjacent to an activating group) is 1. The van der Waals surface area contributed by atoms with Crippen LogP contribution in [0.2, 0.25) is 0 Å². The molecule has 0 aliphatic carbocycles. The van der Waals surface area contributed by atoms with Crippen LogP contribution in [0.15, 0.2) is 48.5 Å². The lowest BCUT2D eigenvalue weighted by Crippen LogP contribution is -2.27. The fraction of sp³-hybridized carbons (Fsp3) is 0.316. The van der Waals surface area contributed by atoms with E-state index in [9.17, 15) is 13.6 Å². The van der Waals surface area contributed by atoms with Crippen molar-refractivity contribution < 1.29 is 23.0 Å². The molecule has 0 saturated carbocycles. The average molecular weight is 349 g/mol. The Balaban J connectivity index is 1.89. The molecule has 0 spiro atoms. The Bertz CT molecular complexity index is 672. The number of amides is 1. The number of hydrogen-bond acceptors (Lipinski definition) is 3. The van der Waals surface area contributed by atoms with E-state index in [2.05, 4.69) is 4.74 Å². The molecule has 2 aromatic carbocycles. The van der Waals surface area contributed by atoms with Gasteiger partial charge in [-0.1, -0.05) is 24.3 Å². The molecule has 6 heteroatoms. The molecule has 0 aliphatic rings. The Morgan fingerprint density at radius 3 is 2.12 bits per heavy atom. The molecule has 0 saturated heterocycles. The second kappa shape index (κ2) is 9.01. The molecule has 0 N–H and O–H groups in total. The van der Waals surface area contributed by atoms with Crippen molar-refractivity contribution in [2.24, 2.45) is 0 Å². The second-order valence-electron chi connectivity index (χ2n) is 5.53. The number of halogens is 2. The Kier molecular flexibility index (Phi) is 6.74. The van der Waals surface area contributed by atoms with Crippen LogP contribution in [-0.4, -0.2) is 31.1 Å². The van der Waals surface area contributed by atoms with Crippen molar-refractivity contribution in [2.75, 3.05) is 13.7 Å². The van der Waals surface area contributed by atoms with Gasteiger partial charge in [0.1, 0.15) is 11.5 Å². The third-order valence-electron chi connectivity index (χ3n) is 3.58. The number of ether oxygens (including phenoxy) is 2. The molecule has 0 heterocycles. The van der Waals surface area contributed by atoms with E-state index in [1.54, 1.807) is 24.1 Å². The van der Waals surface area contributed by atoms with Crippen LogP contribution in [0.4, 0.5) is 8.78 Å². The summed E-state index contributed by atoms with van der Waals surface area (Å²) < 4.78 is 33.9. The van der Waals surface area contributed by atoms with E-state index in [4.69, 9.17) is 4.74 Å². The highest BCUT2D eigenvalue weighted by Gasteiger charge is 2.11. The maximum Gasteiger partial charge on any atom is 0.387 e. The minimum atomic E-state index is -2.84. The number of benzene rings is 2. The number of alkyl halides is 2. The van der Waals surface area contributed by atoms with Crippen molar-refractivity contribution in [2.45, 2.75) is 26.5 Å². The Morgan fingerprint density at radius 2 is 1.56 bits per heavy atom. The van der Waals surface area contributed by atoms with Gasteiger partial charge in [-0.2, -0.15) is 8.78 Å². The van der Waals surface area contributed by atoms with Gasteiger partial charge in [0.2, 0.25) is 5.91 Å². The van der Waals surface area contributed by atoms with Gasteiger partial charge in [-0.25, -0.2) is 0 Å². The Hall–Kier alpha value is -2.63. The number of carbonyl (C=O) groups is 1. The van der Waals surface area contributed by atoms with Crippen molar-refractivity contribution in [1.82, 2.24) is 4.90 Å². The molecule has 0 unspecified atom stereocenters. The van der Waals surface area contributed by atoms with E-state index in [1.165, 1.54) is 12.1 Å². The van der Waals surface area contributed by atoms with E-state index in [0.717, 1.165) is 16.9 Å². The van der Waals surface area contributed by atoms with E-state index < -0.39 is 6.61 Å². The average Bonchev–Trinajstić information content (AvgIpc) is 2.58. The van der Waals surface area contributed by atoms with Crippen molar-refractivity contribution >= 4 is 5.91 Å². The minimum Gasteiger partial charge on any atom is -0.494 e. The molecule has 4 nitrogen and oxygen atoms in total.